The predicted molar refractivity (Wildman–Crippen MR) is 56.5 cm³/mol. The number of nitrogens with zero attached hydrogens (tertiary/aromatic N) is 3. The zero-order chi connectivity index (χ0) is 12.3. The molecule has 1 N–H and O–H groups in total. The van der Waals surface area contributed by atoms with E-state index in [9.17, 15) is 13.2 Å². The molecule has 92 valence electrons. The monoisotopic (exact) mass is 254 g/mol. The molecule has 0 aromatic carbocycles. The molecule has 0 aliphatic carbocycles. The molecule has 1 aromatic rings. The molecular weight excluding hydrogens is 241 g/mol. The number of likely N-dealkylation sites (N-methyl/N-ethyl adjacent to an activating group) is 1. The number of anilines is 1. The van der Waals surface area contributed by atoms with Crippen LogP contribution in [0.15, 0.2) is 0 Å². The van der Waals surface area contributed by atoms with E-state index in [1.807, 2.05) is 25.9 Å². The highest BCUT2D eigenvalue weighted by molar-refractivity contribution is 7.09. The van der Waals surface area contributed by atoms with Gasteiger partial charge in [-0.05, 0) is 21.0 Å². The maximum Gasteiger partial charge on any atom is 0.452 e. The molecule has 1 aromatic heterocycles. The van der Waals surface area contributed by atoms with Gasteiger partial charge in [0.05, 0.1) is 0 Å². The summed E-state index contributed by atoms with van der Waals surface area (Å²) in [5, 5.41) is 3.02. The van der Waals surface area contributed by atoms with E-state index in [1.165, 1.54) is 0 Å². The molecule has 0 fully saturated rings. The molecule has 0 amide bonds. The van der Waals surface area contributed by atoms with Gasteiger partial charge in [-0.25, -0.2) is 0 Å². The van der Waals surface area contributed by atoms with Crippen LogP contribution in [0.25, 0.3) is 0 Å². The second kappa shape index (κ2) is 4.96. The second-order valence-electron chi connectivity index (χ2n) is 3.61. The average molecular weight is 254 g/mol. The van der Waals surface area contributed by atoms with E-state index in [0.29, 0.717) is 6.54 Å². The Bertz CT molecular complexity index is 336. The van der Waals surface area contributed by atoms with Crippen molar-refractivity contribution >= 4 is 16.7 Å². The maximum atomic E-state index is 12.2. The Morgan fingerprint density at radius 1 is 1.44 bits per heavy atom. The Balaban J connectivity index is 2.53. The van der Waals surface area contributed by atoms with E-state index in [2.05, 4.69) is 14.7 Å². The summed E-state index contributed by atoms with van der Waals surface area (Å²) < 4.78 is 39.8. The number of halogens is 3. The summed E-state index contributed by atoms with van der Waals surface area (Å²) in [7, 11) is 3.79. The lowest BCUT2D eigenvalue weighted by molar-refractivity contribution is -0.144. The topological polar surface area (TPSA) is 41.1 Å². The molecule has 0 bridgehead atoms. The lowest BCUT2D eigenvalue weighted by Crippen LogP contribution is -2.31. The first kappa shape index (κ1) is 13.2. The van der Waals surface area contributed by atoms with Crippen LogP contribution in [0.2, 0.25) is 0 Å². The molecule has 0 saturated carbocycles. The van der Waals surface area contributed by atoms with Crippen molar-refractivity contribution in [1.29, 1.82) is 0 Å². The van der Waals surface area contributed by atoms with E-state index < -0.39 is 12.0 Å². The number of rotatable bonds is 4. The third-order valence-corrected chi connectivity index (χ3v) is 2.78. The fourth-order valence-electron chi connectivity index (χ4n) is 0.828. The van der Waals surface area contributed by atoms with E-state index >= 15 is 0 Å². The lowest BCUT2D eigenvalue weighted by Gasteiger charge is -2.19. The Kier molecular flexibility index (Phi) is 4.09. The summed E-state index contributed by atoms with van der Waals surface area (Å²) in [5.41, 5.74) is 0. The molecule has 1 rings (SSSR count). The molecule has 8 heteroatoms. The summed E-state index contributed by atoms with van der Waals surface area (Å²) in [6.07, 6.45) is -4.47. The summed E-state index contributed by atoms with van der Waals surface area (Å²) in [6, 6.07) is 0.207. The molecule has 0 aliphatic heterocycles. The van der Waals surface area contributed by atoms with Crippen molar-refractivity contribution in [3.63, 3.8) is 0 Å². The molecular formula is C8H13F3N4S. The van der Waals surface area contributed by atoms with Crippen molar-refractivity contribution < 1.29 is 13.2 Å². The van der Waals surface area contributed by atoms with Crippen LogP contribution >= 0.6 is 11.5 Å². The molecule has 1 atom stereocenters. The zero-order valence-electron chi connectivity index (χ0n) is 9.17. The van der Waals surface area contributed by atoms with Crippen LogP contribution in [0.4, 0.5) is 18.3 Å². The average Bonchev–Trinajstić information content (AvgIpc) is 2.61. The van der Waals surface area contributed by atoms with Gasteiger partial charge in [0.25, 0.3) is 0 Å². The van der Waals surface area contributed by atoms with Gasteiger partial charge in [0, 0.05) is 24.1 Å². The molecule has 4 nitrogen and oxygen atoms in total. The van der Waals surface area contributed by atoms with E-state index in [-0.39, 0.29) is 11.2 Å². The van der Waals surface area contributed by atoms with Gasteiger partial charge in [-0.1, -0.05) is 0 Å². The summed E-state index contributed by atoms with van der Waals surface area (Å²) >= 11 is 0.719. The quantitative estimate of drug-likeness (QED) is 0.891. The predicted octanol–water partition coefficient (Wildman–Crippen LogP) is 1.92. The minimum Gasteiger partial charge on any atom is -0.359 e. The van der Waals surface area contributed by atoms with E-state index in [1.54, 1.807) is 0 Å². The van der Waals surface area contributed by atoms with E-state index in [4.69, 9.17) is 0 Å². The van der Waals surface area contributed by atoms with Gasteiger partial charge >= 0.3 is 6.18 Å². The highest BCUT2D eigenvalue weighted by Crippen LogP contribution is 2.28. The summed E-state index contributed by atoms with van der Waals surface area (Å²) in [5.74, 6) is -1.09. The smallest absolute Gasteiger partial charge is 0.359 e. The third-order valence-electron chi connectivity index (χ3n) is 2.11. The van der Waals surface area contributed by atoms with Crippen LogP contribution in [0.3, 0.4) is 0 Å². The number of nitrogens with one attached hydrogen (secondary N) is 1. The molecule has 1 heterocycles. The fourth-order valence-corrected chi connectivity index (χ4v) is 1.42. The van der Waals surface area contributed by atoms with Crippen LogP contribution in [0.5, 0.6) is 0 Å². The van der Waals surface area contributed by atoms with Crippen LogP contribution in [0.1, 0.15) is 12.7 Å². The molecule has 0 aliphatic rings. The molecule has 0 saturated heterocycles. The van der Waals surface area contributed by atoms with Crippen molar-refractivity contribution in [2.75, 3.05) is 26.0 Å². The van der Waals surface area contributed by atoms with Crippen LogP contribution < -0.4 is 5.32 Å². The maximum absolute atomic E-state index is 12.2. The number of alkyl halides is 3. The fraction of sp³-hybridized carbons (Fsp3) is 0.750. The highest BCUT2D eigenvalue weighted by Gasteiger charge is 2.36. The Morgan fingerprint density at radius 2 is 2.06 bits per heavy atom. The molecule has 1 unspecified atom stereocenters. The number of aromatic nitrogens is 2. The normalized spacial score (nSPS) is 14.2. The van der Waals surface area contributed by atoms with Gasteiger partial charge < -0.3 is 10.2 Å². The zero-order valence-corrected chi connectivity index (χ0v) is 9.98. The van der Waals surface area contributed by atoms with Crippen LogP contribution in [0, 0.1) is 0 Å². The SMILES string of the molecule is CC(CNc1nc(C(F)(F)F)ns1)N(C)C. The summed E-state index contributed by atoms with van der Waals surface area (Å²) in [6.45, 7) is 2.48. The number of hydrogen-bond acceptors (Lipinski definition) is 5. The van der Waals surface area contributed by atoms with Crippen LogP contribution in [-0.2, 0) is 6.18 Å². The first-order valence-electron chi connectivity index (χ1n) is 4.62. The van der Waals surface area contributed by atoms with Gasteiger partial charge in [-0.3, -0.25) is 0 Å². The van der Waals surface area contributed by atoms with Crippen LogP contribution in [-0.4, -0.2) is 40.9 Å². The lowest BCUT2D eigenvalue weighted by atomic mass is 10.3. The molecule has 0 radical (unpaired) electrons. The van der Waals surface area contributed by atoms with Crippen molar-refractivity contribution in [3.8, 4) is 0 Å². The van der Waals surface area contributed by atoms with Crippen molar-refractivity contribution in [2.45, 2.75) is 19.1 Å². The van der Waals surface area contributed by atoms with Crippen molar-refractivity contribution in [1.82, 2.24) is 14.3 Å². The third kappa shape index (κ3) is 3.60. The first-order valence-corrected chi connectivity index (χ1v) is 5.39. The van der Waals surface area contributed by atoms with E-state index in [0.717, 1.165) is 11.5 Å². The van der Waals surface area contributed by atoms with Gasteiger partial charge in [0.1, 0.15) is 0 Å². The largest absolute Gasteiger partial charge is 0.452 e. The van der Waals surface area contributed by atoms with Crippen molar-refractivity contribution in [2.24, 2.45) is 0 Å². The highest BCUT2D eigenvalue weighted by atomic mass is 32.1. The van der Waals surface area contributed by atoms with Gasteiger partial charge in [-0.2, -0.15) is 22.5 Å². The van der Waals surface area contributed by atoms with Crippen molar-refractivity contribution in [3.05, 3.63) is 5.82 Å². The van der Waals surface area contributed by atoms with Gasteiger partial charge in [0.2, 0.25) is 11.0 Å². The Hall–Kier alpha value is -0.890. The molecule has 0 spiro atoms. The minimum atomic E-state index is -4.47. The van der Waals surface area contributed by atoms with Gasteiger partial charge in [-0.15, -0.1) is 0 Å². The summed E-state index contributed by atoms with van der Waals surface area (Å²) in [4.78, 5) is 5.32. The molecule has 16 heavy (non-hydrogen) atoms. The standard InChI is InChI=1S/C8H13F3N4S/c1-5(15(2)3)4-12-7-13-6(14-16-7)8(9,10)11/h5H,4H2,1-3H3,(H,12,13,14). The second-order valence-corrected chi connectivity index (χ2v) is 4.37. The minimum absolute atomic E-state index is 0.195. The Morgan fingerprint density at radius 3 is 2.50 bits per heavy atom. The Labute approximate surface area is 95.6 Å². The number of hydrogen-bond donors (Lipinski definition) is 1. The van der Waals surface area contributed by atoms with Gasteiger partial charge in [0.15, 0.2) is 0 Å². The first-order chi connectivity index (χ1) is 7.30.